The molecule has 2 aromatic heterocycles. The molecule has 0 bridgehead atoms. The Bertz CT molecular complexity index is 644. The molecule has 5 nitrogen and oxygen atoms in total. The van der Waals surface area contributed by atoms with Gasteiger partial charge in [-0.3, -0.25) is 0 Å². The molecule has 8 heteroatoms. The van der Waals surface area contributed by atoms with E-state index in [-0.39, 0.29) is 5.75 Å². The maximum Gasteiger partial charge on any atom is 0.158 e. The second kappa shape index (κ2) is 5.33. The molecule has 0 atom stereocenters. The second-order valence-electron chi connectivity index (χ2n) is 5.87. The number of hydrogen-bond donors (Lipinski definition) is 2. The van der Waals surface area contributed by atoms with E-state index in [1.54, 1.807) is 30.6 Å². The molecule has 0 unspecified atom stereocenters. The van der Waals surface area contributed by atoms with Crippen LogP contribution in [0.3, 0.4) is 0 Å². The lowest BCUT2D eigenvalue weighted by Crippen LogP contribution is -2.37. The highest BCUT2D eigenvalue weighted by Crippen LogP contribution is 2.25. The fourth-order valence-electron chi connectivity index (χ4n) is 1.92. The number of pyridine rings is 1. The Morgan fingerprint density at radius 2 is 2.00 bits per heavy atom. The smallest absolute Gasteiger partial charge is 0.158 e. The Balaban J connectivity index is 2.27. The first kappa shape index (κ1) is 15.8. The van der Waals surface area contributed by atoms with E-state index in [1.165, 1.54) is 0 Å². The number of nitrogen functional groups attached to an aromatic ring is 1. The van der Waals surface area contributed by atoms with Gasteiger partial charge in [0.25, 0.3) is 0 Å². The minimum atomic E-state index is -1.81. The van der Waals surface area contributed by atoms with E-state index in [4.69, 9.17) is 34.0 Å². The van der Waals surface area contributed by atoms with Crippen molar-refractivity contribution in [3.63, 3.8) is 0 Å². The van der Waals surface area contributed by atoms with Crippen LogP contribution in [-0.4, -0.2) is 49.2 Å². The highest BCUT2D eigenvalue weighted by molar-refractivity contribution is 6.58. The summed E-state index contributed by atoms with van der Waals surface area (Å²) in [5.74, 6) is 0.257. The molecule has 0 saturated heterocycles. The van der Waals surface area contributed by atoms with E-state index >= 15 is 0 Å². The highest BCUT2D eigenvalue weighted by Gasteiger charge is 2.16. The van der Waals surface area contributed by atoms with Gasteiger partial charge >= 0.3 is 0 Å². The first-order chi connectivity index (χ1) is 9.53. The van der Waals surface area contributed by atoms with Gasteiger partial charge in [0.15, 0.2) is 5.75 Å². The lowest BCUT2D eigenvalue weighted by atomic mass is 9.52. The Labute approximate surface area is 128 Å². The SMILES string of the molecule is [B]C([B])([B])Oc1cn2nc(CCC(C)(C)O)cc2cc1N. The van der Waals surface area contributed by atoms with Crippen molar-refractivity contribution < 1.29 is 9.84 Å². The minimum Gasteiger partial charge on any atom is -0.512 e. The topological polar surface area (TPSA) is 72.8 Å². The molecule has 0 aromatic carbocycles. The van der Waals surface area contributed by atoms with Gasteiger partial charge in [0.05, 0.1) is 28.7 Å². The third-order valence-corrected chi connectivity index (χ3v) is 2.92. The van der Waals surface area contributed by atoms with E-state index in [0.717, 1.165) is 11.2 Å². The van der Waals surface area contributed by atoms with Gasteiger partial charge in [0.1, 0.15) is 23.5 Å². The number of hydrogen-bond acceptors (Lipinski definition) is 4. The van der Waals surface area contributed by atoms with Crippen LogP contribution in [0.4, 0.5) is 5.69 Å². The summed E-state index contributed by atoms with van der Waals surface area (Å²) in [6, 6.07) is 3.59. The second-order valence-corrected chi connectivity index (χ2v) is 5.87. The van der Waals surface area contributed by atoms with E-state index in [0.29, 0.717) is 18.5 Å². The van der Waals surface area contributed by atoms with E-state index < -0.39 is 10.9 Å². The standard InChI is InChI=1S/C13H16B3N3O2/c1-12(2,20)4-3-8-5-9-6-10(17)11(7-19(9)18-8)21-13(14,15)16/h5-7,20H,3-4,17H2,1-2H3. The van der Waals surface area contributed by atoms with E-state index in [2.05, 4.69) is 5.10 Å². The summed E-state index contributed by atoms with van der Waals surface area (Å²) in [5, 5.41) is 12.3. The van der Waals surface area contributed by atoms with Gasteiger partial charge in [-0.25, -0.2) is 4.52 Å². The molecular formula is C13H16B3N3O2. The monoisotopic (exact) mass is 279 g/mol. The molecule has 2 aromatic rings. The predicted molar refractivity (Wildman–Crippen MR) is 84.8 cm³/mol. The molecule has 0 aliphatic carbocycles. The molecule has 2 rings (SSSR count). The Hall–Kier alpha value is -1.56. The zero-order chi connectivity index (χ0) is 15.8. The number of aryl methyl sites for hydroxylation is 1. The number of aromatic nitrogens is 2. The molecule has 104 valence electrons. The molecule has 0 spiro atoms. The lowest BCUT2D eigenvalue weighted by Gasteiger charge is -2.24. The quantitative estimate of drug-likeness (QED) is 0.762. The molecule has 0 saturated carbocycles. The molecule has 6 radical (unpaired) electrons. The van der Waals surface area contributed by atoms with Crippen LogP contribution >= 0.6 is 0 Å². The predicted octanol–water partition coefficient (Wildman–Crippen LogP) is 0.116. The van der Waals surface area contributed by atoms with Crippen molar-refractivity contribution in [1.82, 2.24) is 9.61 Å². The van der Waals surface area contributed by atoms with Crippen LogP contribution in [0.25, 0.3) is 5.52 Å². The highest BCUT2D eigenvalue weighted by atomic mass is 16.5. The fraction of sp³-hybridized carbons (Fsp3) is 0.462. The molecule has 3 N–H and O–H groups in total. The zero-order valence-corrected chi connectivity index (χ0v) is 12.2. The zero-order valence-electron chi connectivity index (χ0n) is 12.2. The van der Waals surface area contributed by atoms with Crippen LogP contribution in [0.5, 0.6) is 5.75 Å². The molecular weight excluding hydrogens is 263 g/mol. The number of nitrogens with two attached hydrogens (primary N) is 1. The van der Waals surface area contributed by atoms with Gasteiger partial charge in [0, 0.05) is 0 Å². The summed E-state index contributed by atoms with van der Waals surface area (Å²) >= 11 is 0. The average Bonchev–Trinajstić information content (AvgIpc) is 2.66. The third-order valence-electron chi connectivity index (χ3n) is 2.92. The molecule has 2 heterocycles. The summed E-state index contributed by atoms with van der Waals surface area (Å²) in [5.41, 5.74) is 7.15. The van der Waals surface area contributed by atoms with Crippen LogP contribution in [0.2, 0.25) is 0 Å². The first-order valence-corrected chi connectivity index (χ1v) is 6.59. The number of rotatable bonds is 5. The average molecular weight is 279 g/mol. The molecule has 0 amide bonds. The molecule has 0 fully saturated rings. The maximum absolute atomic E-state index is 9.75. The molecule has 0 aliphatic rings. The van der Waals surface area contributed by atoms with Crippen LogP contribution in [0, 0.1) is 0 Å². The first-order valence-electron chi connectivity index (χ1n) is 6.59. The van der Waals surface area contributed by atoms with Crippen molar-refractivity contribution in [1.29, 1.82) is 0 Å². The number of aliphatic hydroxyl groups is 1. The minimum absolute atomic E-state index is 0.257. The summed E-state index contributed by atoms with van der Waals surface area (Å²) in [4.78, 5) is 0. The Morgan fingerprint density at radius 1 is 1.33 bits per heavy atom. The normalized spacial score (nSPS) is 12.7. The summed E-state index contributed by atoms with van der Waals surface area (Å²) in [6.45, 7) is 3.52. The molecule has 21 heavy (non-hydrogen) atoms. The van der Waals surface area contributed by atoms with Crippen molar-refractivity contribution in [2.45, 2.75) is 37.6 Å². The number of nitrogens with zero attached hydrogens (tertiary/aromatic N) is 2. The molecule has 0 aliphatic heterocycles. The van der Waals surface area contributed by atoms with Gasteiger partial charge in [0.2, 0.25) is 0 Å². The lowest BCUT2D eigenvalue weighted by molar-refractivity contribution is 0.0711. The van der Waals surface area contributed by atoms with Crippen molar-refractivity contribution in [2.24, 2.45) is 0 Å². The van der Waals surface area contributed by atoms with Gasteiger partial charge in [-0.2, -0.15) is 5.10 Å². The van der Waals surface area contributed by atoms with Crippen molar-refractivity contribution in [3.8, 4) is 5.75 Å². The number of ether oxygens (including phenoxy) is 1. The summed E-state index contributed by atoms with van der Waals surface area (Å²) in [6.07, 6.45) is 2.82. The third kappa shape index (κ3) is 4.46. The summed E-state index contributed by atoms with van der Waals surface area (Å²) in [7, 11) is 16.2. The fourth-order valence-corrected chi connectivity index (χ4v) is 1.92. The Kier molecular flexibility index (Phi) is 4.02. The van der Waals surface area contributed by atoms with Crippen molar-refractivity contribution in [2.75, 3.05) is 5.73 Å². The van der Waals surface area contributed by atoms with Crippen LogP contribution in [-0.2, 0) is 6.42 Å². The van der Waals surface area contributed by atoms with Crippen molar-refractivity contribution in [3.05, 3.63) is 24.0 Å². The van der Waals surface area contributed by atoms with Gasteiger partial charge < -0.3 is 15.6 Å². The van der Waals surface area contributed by atoms with E-state index in [1.807, 2.05) is 6.07 Å². The number of anilines is 1. The van der Waals surface area contributed by atoms with Crippen LogP contribution < -0.4 is 10.5 Å². The number of fused-ring (bicyclic) bond motifs is 1. The largest absolute Gasteiger partial charge is 0.512 e. The van der Waals surface area contributed by atoms with Crippen LogP contribution in [0.1, 0.15) is 26.0 Å². The van der Waals surface area contributed by atoms with Gasteiger partial charge in [-0.1, -0.05) is 0 Å². The van der Waals surface area contributed by atoms with Gasteiger partial charge in [-0.05, 0) is 44.1 Å². The van der Waals surface area contributed by atoms with Crippen LogP contribution in [0.15, 0.2) is 18.3 Å². The van der Waals surface area contributed by atoms with Crippen molar-refractivity contribution >= 4 is 34.7 Å². The maximum atomic E-state index is 9.75. The summed E-state index contributed by atoms with van der Waals surface area (Å²) < 4.78 is 6.78. The van der Waals surface area contributed by atoms with Gasteiger partial charge in [-0.15, -0.1) is 0 Å². The van der Waals surface area contributed by atoms with E-state index in [9.17, 15) is 5.11 Å². The Morgan fingerprint density at radius 3 is 2.57 bits per heavy atom.